The highest BCUT2D eigenvalue weighted by Gasteiger charge is 2.28. The van der Waals surface area contributed by atoms with E-state index < -0.39 is 6.10 Å². The van der Waals surface area contributed by atoms with Crippen molar-refractivity contribution in [2.24, 2.45) is 0 Å². The number of hydrogen-bond acceptors (Lipinski definition) is 3. The van der Waals surface area contributed by atoms with Gasteiger partial charge in [-0.25, -0.2) is 4.79 Å². The maximum absolute atomic E-state index is 11.4. The highest BCUT2D eigenvalue weighted by atomic mass is 16.6. The van der Waals surface area contributed by atoms with Crippen LogP contribution in [0.1, 0.15) is 19.8 Å². The van der Waals surface area contributed by atoms with Crippen LogP contribution in [0.5, 0.6) is 0 Å². The molecule has 1 atom stereocenters. The molecule has 4 heteroatoms. The zero-order valence-corrected chi connectivity index (χ0v) is 8.53. The fourth-order valence-corrected chi connectivity index (χ4v) is 1.29. The Morgan fingerprint density at radius 2 is 2.50 bits per heavy atom. The molecule has 80 valence electrons. The molecule has 0 radical (unpaired) electrons. The van der Waals surface area contributed by atoms with Crippen LogP contribution in [0.25, 0.3) is 0 Å². The first kappa shape index (κ1) is 11.0. The summed E-state index contributed by atoms with van der Waals surface area (Å²) in [5, 5.41) is 9.34. The maximum atomic E-state index is 11.4. The van der Waals surface area contributed by atoms with Crippen molar-refractivity contribution in [1.29, 1.82) is 0 Å². The average molecular weight is 199 g/mol. The predicted octanol–water partition coefficient (Wildman–Crippen LogP) is 1.16. The summed E-state index contributed by atoms with van der Waals surface area (Å²) in [6, 6.07) is 0. The van der Waals surface area contributed by atoms with Crippen molar-refractivity contribution in [3.63, 3.8) is 0 Å². The molecule has 1 unspecified atom stereocenters. The maximum Gasteiger partial charge on any atom is 0.410 e. The van der Waals surface area contributed by atoms with Gasteiger partial charge in [0.2, 0.25) is 0 Å². The molecule has 14 heavy (non-hydrogen) atoms. The summed E-state index contributed by atoms with van der Waals surface area (Å²) in [6.45, 7) is 6.87. The van der Waals surface area contributed by atoms with Crippen molar-refractivity contribution < 1.29 is 14.6 Å². The molecular formula is C10H17NO3. The monoisotopic (exact) mass is 199 g/mol. The minimum absolute atomic E-state index is 0.309. The van der Waals surface area contributed by atoms with E-state index in [0.717, 1.165) is 12.8 Å². The average Bonchev–Trinajstić information content (AvgIpc) is 2.47. The number of unbranched alkanes of at least 4 members (excludes halogenated alkanes) is 1. The molecule has 0 spiro atoms. The molecule has 0 aromatic heterocycles. The number of carbonyl (C=O) groups is 1. The Bertz CT molecular complexity index is 227. The Labute approximate surface area is 84.2 Å². The topological polar surface area (TPSA) is 49.8 Å². The van der Waals surface area contributed by atoms with Gasteiger partial charge < -0.3 is 14.7 Å². The normalized spacial score (nSPS) is 21.4. The van der Waals surface area contributed by atoms with Crippen LogP contribution in [0.4, 0.5) is 4.79 Å². The van der Waals surface area contributed by atoms with Gasteiger partial charge in [0.25, 0.3) is 0 Å². The molecule has 0 saturated carbocycles. The minimum atomic E-state index is -0.589. The Morgan fingerprint density at radius 3 is 3.00 bits per heavy atom. The number of nitrogens with zero attached hydrogens (tertiary/aromatic N) is 1. The standard InChI is InChI=1S/C10H17NO3/c1-3-4-5-14-10(13)11-6-8(2)9(12)7-11/h9,12H,2-7H2,1H3. The number of aliphatic hydroxyl groups is 1. The molecule has 0 aromatic rings. The van der Waals surface area contributed by atoms with Gasteiger partial charge in [-0.2, -0.15) is 0 Å². The van der Waals surface area contributed by atoms with Crippen molar-refractivity contribution >= 4 is 6.09 Å². The van der Waals surface area contributed by atoms with Crippen molar-refractivity contribution in [1.82, 2.24) is 4.90 Å². The minimum Gasteiger partial charge on any atom is -0.449 e. The number of rotatable bonds is 3. The molecule has 0 aliphatic carbocycles. The van der Waals surface area contributed by atoms with E-state index in [0.29, 0.717) is 25.3 Å². The van der Waals surface area contributed by atoms with Gasteiger partial charge in [0.05, 0.1) is 19.3 Å². The van der Waals surface area contributed by atoms with E-state index in [-0.39, 0.29) is 6.09 Å². The number of aliphatic hydroxyl groups excluding tert-OH is 1. The molecule has 1 aliphatic rings. The molecule has 1 saturated heterocycles. The third kappa shape index (κ3) is 2.73. The fraction of sp³-hybridized carbons (Fsp3) is 0.700. The first-order chi connectivity index (χ1) is 6.65. The molecule has 1 aliphatic heterocycles. The van der Waals surface area contributed by atoms with Crippen molar-refractivity contribution in [2.75, 3.05) is 19.7 Å². The predicted molar refractivity (Wildman–Crippen MR) is 53.0 cm³/mol. The van der Waals surface area contributed by atoms with Gasteiger partial charge in [0.1, 0.15) is 0 Å². The van der Waals surface area contributed by atoms with Gasteiger partial charge in [-0.1, -0.05) is 19.9 Å². The Balaban J connectivity index is 2.28. The first-order valence-corrected chi connectivity index (χ1v) is 4.92. The lowest BCUT2D eigenvalue weighted by Gasteiger charge is -2.14. The summed E-state index contributed by atoms with van der Waals surface area (Å²) >= 11 is 0. The van der Waals surface area contributed by atoms with E-state index in [2.05, 4.69) is 6.58 Å². The second-order valence-corrected chi connectivity index (χ2v) is 3.52. The van der Waals surface area contributed by atoms with Crippen LogP contribution in [0.3, 0.4) is 0 Å². The molecule has 1 N–H and O–H groups in total. The largest absolute Gasteiger partial charge is 0.449 e. The number of hydrogen-bond donors (Lipinski definition) is 1. The lowest BCUT2D eigenvalue weighted by atomic mass is 10.2. The smallest absolute Gasteiger partial charge is 0.410 e. The van der Waals surface area contributed by atoms with Crippen molar-refractivity contribution in [3.05, 3.63) is 12.2 Å². The van der Waals surface area contributed by atoms with Gasteiger partial charge in [-0.05, 0) is 12.0 Å². The summed E-state index contributed by atoms with van der Waals surface area (Å²) in [6.07, 6.45) is 0.941. The van der Waals surface area contributed by atoms with Crippen LogP contribution in [-0.2, 0) is 4.74 Å². The number of amides is 1. The molecule has 1 rings (SSSR count). The number of likely N-dealkylation sites (tertiary alicyclic amines) is 1. The lowest BCUT2D eigenvalue weighted by Crippen LogP contribution is -2.30. The molecule has 4 nitrogen and oxygen atoms in total. The van der Waals surface area contributed by atoms with Crippen molar-refractivity contribution in [2.45, 2.75) is 25.9 Å². The molecular weight excluding hydrogens is 182 g/mol. The van der Waals surface area contributed by atoms with Crippen LogP contribution in [-0.4, -0.2) is 41.9 Å². The number of carbonyl (C=O) groups excluding carboxylic acids is 1. The summed E-state index contributed by atoms with van der Waals surface area (Å²) in [7, 11) is 0. The Morgan fingerprint density at radius 1 is 1.79 bits per heavy atom. The third-order valence-electron chi connectivity index (χ3n) is 2.24. The molecule has 1 heterocycles. The van der Waals surface area contributed by atoms with E-state index in [1.807, 2.05) is 6.92 Å². The second kappa shape index (κ2) is 5.00. The van der Waals surface area contributed by atoms with Crippen LogP contribution in [0.2, 0.25) is 0 Å². The highest BCUT2D eigenvalue weighted by Crippen LogP contribution is 2.14. The van der Waals surface area contributed by atoms with Gasteiger partial charge in [0, 0.05) is 6.54 Å². The molecule has 1 fully saturated rings. The Kier molecular flexibility index (Phi) is 3.95. The third-order valence-corrected chi connectivity index (χ3v) is 2.24. The number of ether oxygens (including phenoxy) is 1. The highest BCUT2D eigenvalue weighted by molar-refractivity contribution is 5.68. The summed E-state index contributed by atoms with van der Waals surface area (Å²) < 4.78 is 5.00. The van der Waals surface area contributed by atoms with E-state index >= 15 is 0 Å². The zero-order chi connectivity index (χ0) is 10.6. The van der Waals surface area contributed by atoms with E-state index in [4.69, 9.17) is 4.74 Å². The van der Waals surface area contributed by atoms with Gasteiger partial charge in [-0.3, -0.25) is 0 Å². The van der Waals surface area contributed by atoms with Gasteiger partial charge >= 0.3 is 6.09 Å². The van der Waals surface area contributed by atoms with Crippen LogP contribution in [0.15, 0.2) is 12.2 Å². The lowest BCUT2D eigenvalue weighted by molar-refractivity contribution is 0.102. The molecule has 1 amide bonds. The molecule has 0 bridgehead atoms. The first-order valence-electron chi connectivity index (χ1n) is 4.92. The van der Waals surface area contributed by atoms with Crippen molar-refractivity contribution in [3.8, 4) is 0 Å². The van der Waals surface area contributed by atoms with E-state index in [1.165, 1.54) is 4.90 Å². The van der Waals surface area contributed by atoms with Gasteiger partial charge in [-0.15, -0.1) is 0 Å². The van der Waals surface area contributed by atoms with Crippen LogP contribution >= 0.6 is 0 Å². The quantitative estimate of drug-likeness (QED) is 0.548. The zero-order valence-electron chi connectivity index (χ0n) is 8.53. The molecule has 0 aromatic carbocycles. The fourth-order valence-electron chi connectivity index (χ4n) is 1.29. The van der Waals surface area contributed by atoms with E-state index in [1.54, 1.807) is 0 Å². The summed E-state index contributed by atoms with van der Waals surface area (Å²) in [5.74, 6) is 0. The second-order valence-electron chi connectivity index (χ2n) is 3.52. The van der Waals surface area contributed by atoms with Crippen LogP contribution in [0, 0.1) is 0 Å². The summed E-state index contributed by atoms with van der Waals surface area (Å²) in [5.41, 5.74) is 0.678. The van der Waals surface area contributed by atoms with Crippen LogP contribution < -0.4 is 0 Å². The summed E-state index contributed by atoms with van der Waals surface area (Å²) in [4.78, 5) is 12.8. The van der Waals surface area contributed by atoms with Gasteiger partial charge in [0.15, 0.2) is 0 Å². The SMILES string of the molecule is C=C1CN(C(=O)OCCCC)CC1O. The Hall–Kier alpha value is -1.03. The van der Waals surface area contributed by atoms with E-state index in [9.17, 15) is 9.90 Å². The number of β-amino-alcohol motifs (C(OH)–C–C–N with tert-alkyl or cyclic N) is 1.